The van der Waals surface area contributed by atoms with E-state index in [9.17, 15) is 9.18 Å². The van der Waals surface area contributed by atoms with Crippen LogP contribution in [0.25, 0.3) is 11.4 Å². The van der Waals surface area contributed by atoms with Gasteiger partial charge in [-0.05, 0) is 35.7 Å². The minimum absolute atomic E-state index is 0.0242. The fourth-order valence-corrected chi connectivity index (χ4v) is 2.53. The minimum Gasteiger partial charge on any atom is -0.397 e. The number of anilines is 2. The Kier molecular flexibility index (Phi) is 4.94. The smallest absolute Gasteiger partial charge is 0.255 e. The van der Waals surface area contributed by atoms with Crippen LogP contribution in [0.1, 0.15) is 37.0 Å². The number of aromatic nitrogens is 2. The van der Waals surface area contributed by atoms with Gasteiger partial charge in [-0.15, -0.1) is 0 Å². The molecule has 1 aromatic heterocycles. The van der Waals surface area contributed by atoms with E-state index >= 15 is 0 Å². The number of nitrogen functional groups attached to an aromatic ring is 1. The van der Waals surface area contributed by atoms with E-state index in [4.69, 9.17) is 10.3 Å². The number of benzene rings is 2. The van der Waals surface area contributed by atoms with Crippen LogP contribution in [0.3, 0.4) is 0 Å². The third-order valence-electron chi connectivity index (χ3n) is 3.80. The van der Waals surface area contributed by atoms with Crippen LogP contribution >= 0.6 is 0 Å². The van der Waals surface area contributed by atoms with Gasteiger partial charge in [-0.3, -0.25) is 4.79 Å². The van der Waals surface area contributed by atoms with Crippen LogP contribution in [0.4, 0.5) is 15.8 Å². The molecule has 0 aliphatic carbocycles. The van der Waals surface area contributed by atoms with Gasteiger partial charge in [0.15, 0.2) is 0 Å². The van der Waals surface area contributed by atoms with E-state index in [0.29, 0.717) is 29.3 Å². The monoisotopic (exact) mass is 368 g/mol. The van der Waals surface area contributed by atoms with E-state index in [1.165, 1.54) is 18.2 Å². The lowest BCUT2D eigenvalue weighted by molar-refractivity contribution is 0.102. The molecule has 0 saturated carbocycles. The van der Waals surface area contributed by atoms with Crippen molar-refractivity contribution < 1.29 is 13.7 Å². The maximum Gasteiger partial charge on any atom is 0.255 e. The highest BCUT2D eigenvalue weighted by atomic mass is 19.1. The molecule has 3 aromatic rings. The van der Waals surface area contributed by atoms with Gasteiger partial charge in [-0.25, -0.2) is 4.39 Å². The Bertz CT molecular complexity index is 976. The molecule has 140 valence electrons. The summed E-state index contributed by atoms with van der Waals surface area (Å²) >= 11 is 0. The molecule has 0 aliphatic heterocycles. The third-order valence-corrected chi connectivity index (χ3v) is 3.80. The molecule has 7 heteroatoms. The van der Waals surface area contributed by atoms with Crippen LogP contribution in [-0.4, -0.2) is 16.0 Å². The maximum absolute atomic E-state index is 13.4. The molecule has 3 N–H and O–H groups in total. The summed E-state index contributed by atoms with van der Waals surface area (Å²) < 4.78 is 18.7. The predicted molar refractivity (Wildman–Crippen MR) is 102 cm³/mol. The molecule has 0 spiro atoms. The average molecular weight is 368 g/mol. The van der Waals surface area contributed by atoms with Crippen molar-refractivity contribution in [1.29, 1.82) is 0 Å². The second-order valence-corrected chi connectivity index (χ2v) is 7.52. The molecule has 27 heavy (non-hydrogen) atoms. The van der Waals surface area contributed by atoms with Gasteiger partial charge < -0.3 is 15.6 Å². The van der Waals surface area contributed by atoms with Crippen molar-refractivity contribution in [3.8, 4) is 11.4 Å². The van der Waals surface area contributed by atoms with E-state index in [0.717, 1.165) is 0 Å². The molecule has 0 bridgehead atoms. The molecular weight excluding hydrogens is 347 g/mol. The zero-order chi connectivity index (χ0) is 19.6. The standard InChI is InChI=1S/C20H21FN4O2/c1-20(2,3)11-17-24-18(25-27-17)12-5-4-6-13(9-12)19(26)23-16-10-14(21)7-8-15(16)22/h4-10H,11,22H2,1-3H3,(H,23,26). The van der Waals surface area contributed by atoms with Crippen molar-refractivity contribution in [3.05, 3.63) is 59.7 Å². The first kappa shape index (κ1) is 18.6. The fraction of sp³-hybridized carbons (Fsp3) is 0.250. The highest BCUT2D eigenvalue weighted by Gasteiger charge is 2.18. The zero-order valence-corrected chi connectivity index (χ0v) is 15.4. The Morgan fingerprint density at radius 3 is 2.74 bits per heavy atom. The molecule has 0 aliphatic rings. The number of nitrogens with two attached hydrogens (primary N) is 1. The number of rotatable bonds is 4. The van der Waals surface area contributed by atoms with Gasteiger partial charge in [-0.2, -0.15) is 4.98 Å². The Morgan fingerprint density at radius 2 is 2.00 bits per heavy atom. The van der Waals surface area contributed by atoms with Gasteiger partial charge >= 0.3 is 0 Å². The van der Waals surface area contributed by atoms with E-state index in [1.54, 1.807) is 24.3 Å². The second kappa shape index (κ2) is 7.19. The van der Waals surface area contributed by atoms with Crippen molar-refractivity contribution in [2.75, 3.05) is 11.1 Å². The topological polar surface area (TPSA) is 94.0 Å². The lowest BCUT2D eigenvalue weighted by Gasteiger charge is -2.13. The lowest BCUT2D eigenvalue weighted by Crippen LogP contribution is -2.13. The number of halogens is 1. The van der Waals surface area contributed by atoms with Crippen LogP contribution in [-0.2, 0) is 6.42 Å². The van der Waals surface area contributed by atoms with Crippen molar-refractivity contribution in [1.82, 2.24) is 10.1 Å². The first-order valence-corrected chi connectivity index (χ1v) is 8.51. The van der Waals surface area contributed by atoms with Gasteiger partial charge in [0.1, 0.15) is 5.82 Å². The molecule has 0 atom stereocenters. The number of amides is 1. The van der Waals surface area contributed by atoms with Gasteiger partial charge in [0.2, 0.25) is 11.7 Å². The summed E-state index contributed by atoms with van der Waals surface area (Å²) in [5.74, 6) is 0.0630. The number of carbonyl (C=O) groups is 1. The summed E-state index contributed by atoms with van der Waals surface area (Å²) in [5, 5.41) is 6.61. The van der Waals surface area contributed by atoms with Gasteiger partial charge in [-0.1, -0.05) is 38.1 Å². The summed E-state index contributed by atoms with van der Waals surface area (Å²) in [7, 11) is 0. The molecule has 3 rings (SSSR count). The van der Waals surface area contributed by atoms with Gasteiger partial charge in [0.25, 0.3) is 5.91 Å². The van der Waals surface area contributed by atoms with Gasteiger partial charge in [0.05, 0.1) is 11.4 Å². The minimum atomic E-state index is -0.480. The molecule has 2 aromatic carbocycles. The molecule has 6 nitrogen and oxygen atoms in total. The van der Waals surface area contributed by atoms with Gasteiger partial charge in [0, 0.05) is 17.5 Å². The number of hydrogen-bond donors (Lipinski definition) is 2. The highest BCUT2D eigenvalue weighted by Crippen LogP contribution is 2.24. The highest BCUT2D eigenvalue weighted by molar-refractivity contribution is 6.06. The molecule has 0 fully saturated rings. The molecule has 0 unspecified atom stereocenters. The Balaban J connectivity index is 1.81. The number of nitrogens with zero attached hydrogens (tertiary/aromatic N) is 2. The number of nitrogens with one attached hydrogen (secondary N) is 1. The Labute approximate surface area is 156 Å². The van der Waals surface area contributed by atoms with Crippen LogP contribution in [0.2, 0.25) is 0 Å². The number of hydrogen-bond acceptors (Lipinski definition) is 5. The van der Waals surface area contributed by atoms with E-state index in [-0.39, 0.29) is 16.8 Å². The number of carbonyl (C=O) groups excluding carboxylic acids is 1. The molecule has 0 saturated heterocycles. The second-order valence-electron chi connectivity index (χ2n) is 7.52. The quantitative estimate of drug-likeness (QED) is 0.670. The maximum atomic E-state index is 13.4. The normalized spacial score (nSPS) is 11.4. The van der Waals surface area contributed by atoms with E-state index in [1.807, 2.05) is 0 Å². The van der Waals surface area contributed by atoms with Crippen molar-refractivity contribution in [2.24, 2.45) is 5.41 Å². The van der Waals surface area contributed by atoms with E-state index < -0.39 is 11.7 Å². The summed E-state index contributed by atoms with van der Waals surface area (Å²) in [6.45, 7) is 6.25. The van der Waals surface area contributed by atoms with Crippen molar-refractivity contribution in [3.63, 3.8) is 0 Å². The lowest BCUT2D eigenvalue weighted by atomic mass is 9.92. The SMILES string of the molecule is CC(C)(C)Cc1nc(-c2cccc(C(=O)Nc3cc(F)ccc3N)c2)no1. The van der Waals surface area contributed by atoms with Crippen LogP contribution in [0.5, 0.6) is 0 Å². The molecular formula is C20H21FN4O2. The third kappa shape index (κ3) is 4.69. The largest absolute Gasteiger partial charge is 0.397 e. The first-order valence-electron chi connectivity index (χ1n) is 8.51. The van der Waals surface area contributed by atoms with Crippen molar-refractivity contribution >= 4 is 17.3 Å². The molecule has 1 amide bonds. The zero-order valence-electron chi connectivity index (χ0n) is 15.4. The summed E-state index contributed by atoms with van der Waals surface area (Å²) in [6.07, 6.45) is 0.652. The van der Waals surface area contributed by atoms with Crippen LogP contribution < -0.4 is 11.1 Å². The Hall–Kier alpha value is -3.22. The van der Waals surface area contributed by atoms with E-state index in [2.05, 4.69) is 36.2 Å². The summed E-state index contributed by atoms with van der Waals surface area (Å²) in [4.78, 5) is 16.9. The fourth-order valence-electron chi connectivity index (χ4n) is 2.53. The molecule has 1 heterocycles. The Morgan fingerprint density at radius 1 is 1.22 bits per heavy atom. The first-order chi connectivity index (χ1) is 12.7. The average Bonchev–Trinajstić information content (AvgIpc) is 3.05. The summed E-state index contributed by atoms with van der Waals surface area (Å²) in [6, 6.07) is 10.6. The summed E-state index contributed by atoms with van der Waals surface area (Å²) in [5.41, 5.74) is 7.33. The predicted octanol–water partition coefficient (Wildman–Crippen LogP) is 4.30. The van der Waals surface area contributed by atoms with Crippen LogP contribution in [0.15, 0.2) is 47.0 Å². The van der Waals surface area contributed by atoms with Crippen molar-refractivity contribution in [2.45, 2.75) is 27.2 Å². The molecule has 0 radical (unpaired) electrons. The van der Waals surface area contributed by atoms with Crippen LogP contribution in [0, 0.1) is 11.2 Å².